The Morgan fingerprint density at radius 3 is 2.41 bits per heavy atom. The Bertz CT molecular complexity index is 705. The molecule has 2 rings (SSSR count). The monoisotopic (exact) mass is 329 g/mol. The minimum absolute atomic E-state index is 0.389. The molecule has 0 saturated carbocycles. The van der Waals surface area contributed by atoms with Gasteiger partial charge >= 0.3 is 0 Å². The van der Waals surface area contributed by atoms with Gasteiger partial charge in [0.2, 0.25) is 0 Å². The van der Waals surface area contributed by atoms with E-state index in [-0.39, 0.29) is 0 Å². The molecule has 22 heavy (non-hydrogen) atoms. The van der Waals surface area contributed by atoms with Crippen molar-refractivity contribution >= 4 is 38.7 Å². The first-order chi connectivity index (χ1) is 10.3. The third-order valence-corrected chi connectivity index (χ3v) is 7.04. The highest BCUT2D eigenvalue weighted by Gasteiger charge is 2.18. The Hall–Kier alpha value is -1.44. The molecule has 2 nitrogen and oxygen atoms in total. The number of rotatable bonds is 4. The summed E-state index contributed by atoms with van der Waals surface area (Å²) < 4.78 is 0. The summed E-state index contributed by atoms with van der Waals surface area (Å²) in [6, 6.07) is 12.5. The van der Waals surface area contributed by atoms with E-state index < -0.39 is 8.07 Å². The van der Waals surface area contributed by atoms with Gasteiger partial charge in [0.15, 0.2) is 0 Å². The van der Waals surface area contributed by atoms with Crippen LogP contribution < -0.4 is 15.8 Å². The molecule has 4 heteroatoms. The number of phenolic OH excluding ortho intramolecular Hbond substituents is 1. The Balaban J connectivity index is 2.43. The standard InChI is InChI=1S/C18H24NOPSi/c1-13-6-9-17(14(10-13)12-19-2)21-18-11-15(22(3,4)5)7-8-16(18)20/h6-12,20-21H,1-5H3. The van der Waals surface area contributed by atoms with Gasteiger partial charge in [-0.1, -0.05) is 63.2 Å². The molecular formula is C18H24NOPSi. The lowest BCUT2D eigenvalue weighted by atomic mass is 10.1. The minimum Gasteiger partial charge on any atom is -0.507 e. The maximum absolute atomic E-state index is 10.2. The van der Waals surface area contributed by atoms with Crippen molar-refractivity contribution in [1.82, 2.24) is 0 Å². The molecule has 0 aliphatic heterocycles. The molecule has 0 saturated heterocycles. The molecule has 1 unspecified atom stereocenters. The zero-order chi connectivity index (χ0) is 16.3. The fraction of sp³-hybridized carbons (Fsp3) is 0.278. The van der Waals surface area contributed by atoms with Crippen LogP contribution in [0.4, 0.5) is 0 Å². The van der Waals surface area contributed by atoms with Gasteiger partial charge in [-0.2, -0.15) is 0 Å². The van der Waals surface area contributed by atoms with Gasteiger partial charge in [-0.25, -0.2) is 0 Å². The number of hydrogen-bond donors (Lipinski definition) is 1. The molecular weight excluding hydrogens is 305 g/mol. The largest absolute Gasteiger partial charge is 0.507 e. The number of nitrogens with zero attached hydrogens (tertiary/aromatic N) is 1. The molecule has 2 aromatic rings. The fourth-order valence-electron chi connectivity index (χ4n) is 2.29. The number of aliphatic imine (C=N–C) groups is 1. The minimum atomic E-state index is -1.38. The second kappa shape index (κ2) is 6.76. The van der Waals surface area contributed by atoms with Crippen LogP contribution in [-0.4, -0.2) is 26.4 Å². The van der Waals surface area contributed by atoms with Crippen LogP contribution in [0.3, 0.4) is 0 Å². The smallest absolute Gasteiger partial charge is 0.123 e. The zero-order valence-electron chi connectivity index (χ0n) is 13.9. The second-order valence-corrected chi connectivity index (χ2v) is 13.0. The van der Waals surface area contributed by atoms with Gasteiger partial charge < -0.3 is 5.11 Å². The lowest BCUT2D eigenvalue weighted by molar-refractivity contribution is 0.480. The predicted molar refractivity (Wildman–Crippen MR) is 103 cm³/mol. The van der Waals surface area contributed by atoms with Crippen LogP contribution in [0.15, 0.2) is 41.4 Å². The van der Waals surface area contributed by atoms with E-state index in [1.807, 2.05) is 12.3 Å². The quantitative estimate of drug-likeness (QED) is 0.522. The van der Waals surface area contributed by atoms with Crippen molar-refractivity contribution in [2.45, 2.75) is 26.6 Å². The molecule has 0 heterocycles. The predicted octanol–water partition coefficient (Wildman–Crippen LogP) is 2.92. The summed E-state index contributed by atoms with van der Waals surface area (Å²) in [5, 5.41) is 13.9. The van der Waals surface area contributed by atoms with E-state index in [9.17, 15) is 5.11 Å². The summed E-state index contributed by atoms with van der Waals surface area (Å²) in [6.07, 6.45) is 1.90. The van der Waals surface area contributed by atoms with Crippen LogP contribution >= 0.6 is 8.58 Å². The summed E-state index contributed by atoms with van der Waals surface area (Å²) in [6.45, 7) is 9.07. The molecule has 2 aromatic carbocycles. The summed E-state index contributed by atoms with van der Waals surface area (Å²) in [4.78, 5) is 4.15. The lowest BCUT2D eigenvalue weighted by Crippen LogP contribution is -2.38. The normalized spacial score (nSPS) is 12.6. The first-order valence-electron chi connectivity index (χ1n) is 7.44. The highest BCUT2D eigenvalue weighted by molar-refractivity contribution is 7.56. The van der Waals surface area contributed by atoms with Gasteiger partial charge in [-0.05, 0) is 24.4 Å². The molecule has 1 atom stereocenters. The third kappa shape index (κ3) is 4.06. The van der Waals surface area contributed by atoms with Gasteiger partial charge in [-0.15, -0.1) is 0 Å². The molecule has 0 amide bonds. The number of benzene rings is 2. The van der Waals surface area contributed by atoms with E-state index in [0.717, 1.165) is 10.9 Å². The van der Waals surface area contributed by atoms with Crippen molar-refractivity contribution in [3.63, 3.8) is 0 Å². The topological polar surface area (TPSA) is 32.6 Å². The van der Waals surface area contributed by atoms with Crippen molar-refractivity contribution in [3.05, 3.63) is 47.5 Å². The SMILES string of the molecule is CN=Cc1cc(C)ccc1Pc1cc([Si](C)(C)C)ccc1O. The first kappa shape index (κ1) is 16.9. The van der Waals surface area contributed by atoms with E-state index in [1.54, 1.807) is 7.05 Å². The van der Waals surface area contributed by atoms with Crippen LogP contribution in [-0.2, 0) is 0 Å². The Morgan fingerprint density at radius 2 is 1.77 bits per heavy atom. The van der Waals surface area contributed by atoms with E-state index >= 15 is 0 Å². The van der Waals surface area contributed by atoms with Gasteiger partial charge in [-0.3, -0.25) is 4.99 Å². The maximum Gasteiger partial charge on any atom is 0.123 e. The first-order valence-corrected chi connectivity index (χ1v) is 11.9. The Labute approximate surface area is 136 Å². The van der Waals surface area contributed by atoms with Crippen LogP contribution in [0, 0.1) is 6.92 Å². The Morgan fingerprint density at radius 1 is 1.05 bits per heavy atom. The molecule has 0 fully saturated rings. The Kier molecular flexibility index (Phi) is 5.20. The highest BCUT2D eigenvalue weighted by Crippen LogP contribution is 2.20. The summed E-state index contributed by atoms with van der Waals surface area (Å²) in [5.74, 6) is 0.389. The molecule has 0 aromatic heterocycles. The molecule has 0 spiro atoms. The molecule has 116 valence electrons. The lowest BCUT2D eigenvalue weighted by Gasteiger charge is -2.18. The average molecular weight is 329 g/mol. The summed E-state index contributed by atoms with van der Waals surface area (Å²) in [7, 11) is 0.852. The van der Waals surface area contributed by atoms with E-state index in [1.165, 1.54) is 16.1 Å². The van der Waals surface area contributed by atoms with E-state index in [0.29, 0.717) is 14.3 Å². The maximum atomic E-state index is 10.2. The summed E-state index contributed by atoms with van der Waals surface area (Å²) in [5.41, 5.74) is 2.36. The van der Waals surface area contributed by atoms with Gasteiger partial charge in [0.1, 0.15) is 5.75 Å². The van der Waals surface area contributed by atoms with Gasteiger partial charge in [0.05, 0.1) is 8.07 Å². The van der Waals surface area contributed by atoms with Crippen LogP contribution in [0.25, 0.3) is 0 Å². The third-order valence-electron chi connectivity index (χ3n) is 3.61. The number of hydrogen-bond acceptors (Lipinski definition) is 2. The molecule has 0 aliphatic carbocycles. The molecule has 0 radical (unpaired) electrons. The van der Waals surface area contributed by atoms with Crippen LogP contribution in [0.1, 0.15) is 11.1 Å². The van der Waals surface area contributed by atoms with E-state index in [2.05, 4.69) is 61.9 Å². The zero-order valence-corrected chi connectivity index (χ0v) is 15.9. The van der Waals surface area contributed by atoms with Crippen molar-refractivity contribution < 1.29 is 5.11 Å². The molecule has 0 bridgehead atoms. The molecule has 1 N–H and O–H groups in total. The fourth-order valence-corrected chi connectivity index (χ4v) is 4.77. The number of aryl methyl sites for hydroxylation is 1. The van der Waals surface area contributed by atoms with Gasteiger partial charge in [0, 0.05) is 24.1 Å². The van der Waals surface area contributed by atoms with Gasteiger partial charge in [0.25, 0.3) is 0 Å². The van der Waals surface area contributed by atoms with Crippen molar-refractivity contribution in [3.8, 4) is 5.75 Å². The van der Waals surface area contributed by atoms with E-state index in [4.69, 9.17) is 0 Å². The molecule has 0 aliphatic rings. The van der Waals surface area contributed by atoms with Crippen molar-refractivity contribution in [2.24, 2.45) is 4.99 Å². The van der Waals surface area contributed by atoms with Crippen LogP contribution in [0.2, 0.25) is 19.6 Å². The van der Waals surface area contributed by atoms with Crippen LogP contribution in [0.5, 0.6) is 5.75 Å². The van der Waals surface area contributed by atoms with Crippen molar-refractivity contribution in [2.75, 3.05) is 7.05 Å². The average Bonchev–Trinajstić information content (AvgIpc) is 2.43. The second-order valence-electron chi connectivity index (χ2n) is 6.58. The number of aromatic hydroxyl groups is 1. The summed E-state index contributed by atoms with van der Waals surface area (Å²) >= 11 is 0. The number of phenols is 1. The van der Waals surface area contributed by atoms with Crippen molar-refractivity contribution in [1.29, 1.82) is 0 Å². The highest BCUT2D eigenvalue weighted by atomic mass is 31.1.